The van der Waals surface area contributed by atoms with Crippen LogP contribution in [0.3, 0.4) is 0 Å². The number of nitrogens with zero attached hydrogens (tertiary/aromatic N) is 2. The van der Waals surface area contributed by atoms with Crippen molar-refractivity contribution >= 4 is 17.3 Å². The first kappa shape index (κ1) is 26.2. The Hall–Kier alpha value is -2.75. The average molecular weight is 423 g/mol. The van der Waals surface area contributed by atoms with E-state index < -0.39 is 22.9 Å². The summed E-state index contributed by atoms with van der Waals surface area (Å²) >= 11 is 0. The minimum atomic E-state index is -4.41. The molecule has 0 radical (unpaired) electrons. The number of nitrogen functional groups attached to an aromatic ring is 1. The van der Waals surface area contributed by atoms with E-state index in [9.17, 15) is 31.3 Å². The van der Waals surface area contributed by atoms with Crippen molar-refractivity contribution in [3.8, 4) is 0 Å². The predicted octanol–water partition coefficient (Wildman–Crippen LogP) is 5.45. The summed E-state index contributed by atoms with van der Waals surface area (Å²) in [5.74, 6) is -0.393. The standard InChI is InChI=1S/C17H17F4N3O.2CH3F/c1-10-7-13(17(18,19)24(20)21)8-11(2)15(10)23(3)16(25)12-5-4-6-14(22)9-12;2*1-2/h4-9H,22H2,1-3H3;2*1H3. The number of halogens is 6. The average Bonchev–Trinajstić information content (AvgIpc) is 2.69. The summed E-state index contributed by atoms with van der Waals surface area (Å²) in [4.78, 5) is 13.9. The quantitative estimate of drug-likeness (QED) is 0.308. The minimum Gasteiger partial charge on any atom is -0.399 e. The van der Waals surface area contributed by atoms with Crippen molar-refractivity contribution in [2.75, 3.05) is 32.0 Å². The summed E-state index contributed by atoms with van der Waals surface area (Å²) < 4.78 is 70.9. The number of carbonyl (C=O) groups excluding carboxylic acids is 1. The minimum absolute atomic E-state index is 0.274. The molecule has 0 aliphatic heterocycles. The number of carbonyl (C=O) groups is 1. The Labute approximate surface area is 165 Å². The third-order valence-corrected chi connectivity index (χ3v) is 3.82. The van der Waals surface area contributed by atoms with Crippen LogP contribution in [-0.4, -0.2) is 32.7 Å². The largest absolute Gasteiger partial charge is 0.399 e. The lowest BCUT2D eigenvalue weighted by Gasteiger charge is -2.24. The molecule has 4 nitrogen and oxygen atoms in total. The van der Waals surface area contributed by atoms with Crippen LogP contribution in [0.4, 0.5) is 37.9 Å². The third kappa shape index (κ3) is 6.11. The van der Waals surface area contributed by atoms with Crippen molar-refractivity contribution in [3.05, 3.63) is 58.7 Å². The molecule has 29 heavy (non-hydrogen) atoms. The van der Waals surface area contributed by atoms with Gasteiger partial charge in [-0.1, -0.05) is 15.0 Å². The van der Waals surface area contributed by atoms with Gasteiger partial charge in [-0.15, -0.1) is 0 Å². The molecule has 2 aromatic rings. The van der Waals surface area contributed by atoms with Crippen LogP contribution in [0, 0.1) is 13.8 Å². The van der Waals surface area contributed by atoms with E-state index in [-0.39, 0.29) is 11.1 Å². The van der Waals surface area contributed by atoms with Crippen LogP contribution in [0.1, 0.15) is 27.0 Å². The molecule has 0 heterocycles. The number of anilines is 2. The fourth-order valence-electron chi connectivity index (χ4n) is 2.72. The molecule has 0 atom stereocenters. The Morgan fingerprint density at radius 1 is 0.966 bits per heavy atom. The molecule has 0 bridgehead atoms. The van der Waals surface area contributed by atoms with E-state index in [1.807, 2.05) is 0 Å². The Morgan fingerprint density at radius 2 is 1.45 bits per heavy atom. The maximum absolute atomic E-state index is 13.5. The molecule has 0 saturated heterocycles. The normalized spacial score (nSPS) is 10.5. The van der Waals surface area contributed by atoms with E-state index in [2.05, 4.69) is 0 Å². The first-order valence-corrected chi connectivity index (χ1v) is 8.06. The second-order valence-corrected chi connectivity index (χ2v) is 5.72. The van der Waals surface area contributed by atoms with Crippen molar-refractivity contribution in [3.63, 3.8) is 0 Å². The molecule has 10 heteroatoms. The lowest BCUT2D eigenvalue weighted by molar-refractivity contribution is -0.340. The van der Waals surface area contributed by atoms with Crippen molar-refractivity contribution in [1.82, 2.24) is 5.34 Å². The maximum Gasteiger partial charge on any atom is 0.384 e. The summed E-state index contributed by atoms with van der Waals surface area (Å²) in [7, 11) is 2.48. The van der Waals surface area contributed by atoms with E-state index in [1.54, 1.807) is 18.2 Å². The van der Waals surface area contributed by atoms with Gasteiger partial charge in [0.2, 0.25) is 0 Å². The van der Waals surface area contributed by atoms with Crippen molar-refractivity contribution in [2.24, 2.45) is 0 Å². The Bertz CT molecular complexity index is 791. The van der Waals surface area contributed by atoms with Crippen LogP contribution in [0.2, 0.25) is 0 Å². The van der Waals surface area contributed by atoms with Gasteiger partial charge in [0.15, 0.2) is 0 Å². The van der Waals surface area contributed by atoms with Gasteiger partial charge in [0.05, 0.1) is 19.7 Å². The summed E-state index contributed by atoms with van der Waals surface area (Å²) in [5, 5.41) is -2.14. The molecule has 0 spiro atoms. The Kier molecular flexibility index (Phi) is 10.2. The topological polar surface area (TPSA) is 49.6 Å². The number of hydrogen-bond donors (Lipinski definition) is 1. The van der Waals surface area contributed by atoms with Gasteiger partial charge in [-0.3, -0.25) is 13.6 Å². The van der Waals surface area contributed by atoms with Crippen molar-refractivity contribution < 1.29 is 31.3 Å². The second-order valence-electron chi connectivity index (χ2n) is 5.72. The predicted molar refractivity (Wildman–Crippen MR) is 102 cm³/mol. The summed E-state index contributed by atoms with van der Waals surface area (Å²) in [6.45, 7) is 2.96. The summed E-state index contributed by atoms with van der Waals surface area (Å²) in [5.41, 5.74) is 6.47. The van der Waals surface area contributed by atoms with E-state index in [1.165, 1.54) is 31.9 Å². The first-order chi connectivity index (χ1) is 13.6. The molecule has 2 rings (SSSR count). The van der Waals surface area contributed by atoms with Crippen LogP contribution in [0.15, 0.2) is 36.4 Å². The van der Waals surface area contributed by atoms with E-state index in [4.69, 9.17) is 5.73 Å². The zero-order valence-electron chi connectivity index (χ0n) is 16.6. The number of rotatable bonds is 4. The molecular formula is C19H23F6N3O. The van der Waals surface area contributed by atoms with Crippen LogP contribution in [0.25, 0.3) is 0 Å². The zero-order valence-corrected chi connectivity index (χ0v) is 16.6. The number of benzene rings is 2. The second kappa shape index (κ2) is 11.3. The van der Waals surface area contributed by atoms with Gasteiger partial charge < -0.3 is 10.6 Å². The lowest BCUT2D eigenvalue weighted by atomic mass is 10.0. The van der Waals surface area contributed by atoms with Crippen molar-refractivity contribution in [2.45, 2.75) is 19.9 Å². The Morgan fingerprint density at radius 3 is 1.86 bits per heavy atom. The van der Waals surface area contributed by atoms with Crippen LogP contribution in [-0.2, 0) is 6.05 Å². The fraction of sp³-hybridized carbons (Fsp3) is 0.316. The van der Waals surface area contributed by atoms with Crippen LogP contribution >= 0.6 is 0 Å². The van der Waals surface area contributed by atoms with Gasteiger partial charge in [-0.05, 0) is 55.3 Å². The van der Waals surface area contributed by atoms with Gasteiger partial charge >= 0.3 is 6.05 Å². The van der Waals surface area contributed by atoms with Gasteiger partial charge in [0.1, 0.15) is 0 Å². The van der Waals surface area contributed by atoms with Crippen LogP contribution in [0.5, 0.6) is 0 Å². The molecular weight excluding hydrogens is 400 g/mol. The number of alkyl halides is 4. The highest BCUT2D eigenvalue weighted by Gasteiger charge is 2.42. The SMILES string of the molecule is CF.CF.Cc1cc(C(F)(F)N(F)F)cc(C)c1N(C)C(=O)c1cccc(N)c1. The molecule has 0 aromatic heterocycles. The van der Waals surface area contributed by atoms with E-state index >= 15 is 0 Å². The highest BCUT2D eigenvalue weighted by atomic mass is 19.4. The van der Waals surface area contributed by atoms with Crippen LogP contribution < -0.4 is 10.6 Å². The highest BCUT2D eigenvalue weighted by Crippen LogP contribution is 2.37. The van der Waals surface area contributed by atoms with Gasteiger partial charge in [-0.25, -0.2) is 0 Å². The third-order valence-electron chi connectivity index (χ3n) is 3.82. The van der Waals surface area contributed by atoms with Crippen molar-refractivity contribution in [1.29, 1.82) is 0 Å². The molecule has 0 aliphatic rings. The van der Waals surface area contributed by atoms with Gasteiger partial charge in [0.25, 0.3) is 5.91 Å². The number of hydrogen-bond acceptors (Lipinski definition) is 3. The molecule has 162 valence electrons. The molecule has 0 aliphatic carbocycles. The smallest absolute Gasteiger partial charge is 0.384 e. The van der Waals surface area contributed by atoms with Gasteiger partial charge in [0, 0.05) is 29.5 Å². The molecule has 0 saturated carbocycles. The molecule has 0 fully saturated rings. The first-order valence-electron chi connectivity index (χ1n) is 8.06. The lowest BCUT2D eigenvalue weighted by Crippen LogP contribution is -2.29. The van der Waals surface area contributed by atoms with E-state index in [0.29, 0.717) is 31.3 Å². The zero-order chi connectivity index (χ0) is 22.9. The number of amides is 1. The number of nitrogens with two attached hydrogens (primary N) is 1. The van der Waals surface area contributed by atoms with E-state index in [0.717, 1.165) is 12.1 Å². The molecule has 1 amide bonds. The summed E-state index contributed by atoms with van der Waals surface area (Å²) in [6, 6.07) is 3.79. The highest BCUT2D eigenvalue weighted by molar-refractivity contribution is 6.07. The molecule has 2 N–H and O–H groups in total. The summed E-state index contributed by atoms with van der Waals surface area (Å²) in [6.07, 6.45) is 0. The molecule has 2 aromatic carbocycles. The Balaban J connectivity index is 0.00000184. The number of aryl methyl sites for hydroxylation is 2. The molecule has 0 unspecified atom stereocenters. The fourth-order valence-corrected chi connectivity index (χ4v) is 2.72. The van der Waals surface area contributed by atoms with Gasteiger partial charge in [-0.2, -0.15) is 8.78 Å². The maximum atomic E-state index is 13.5. The monoisotopic (exact) mass is 423 g/mol.